The lowest BCUT2D eigenvalue weighted by molar-refractivity contribution is -0.137. The van der Waals surface area contributed by atoms with Gasteiger partial charge in [0, 0.05) is 11.9 Å². The summed E-state index contributed by atoms with van der Waals surface area (Å²) in [6.07, 6.45) is -2.54. The molecule has 118 valence electrons. The number of nitrogens with zero attached hydrogens (tertiary/aromatic N) is 4. The van der Waals surface area contributed by atoms with Crippen LogP contribution in [-0.4, -0.2) is 19.7 Å². The molecule has 0 aliphatic carbocycles. The quantitative estimate of drug-likeness (QED) is 0.724. The maximum Gasteiger partial charge on any atom is 0.417 e. The standard InChI is InChI=1S/C14H9ClF3N5/c15-11-5-8(14(16,17)18)6-20-12(11)13-21-7-22-23(13)10-3-1-9(19)2-4-10/h1-7H,19H2. The number of nitrogens with two attached hydrogens (primary N) is 1. The van der Waals surface area contributed by atoms with Crippen LogP contribution in [0.25, 0.3) is 17.2 Å². The zero-order chi connectivity index (χ0) is 16.6. The normalized spacial score (nSPS) is 11.7. The van der Waals surface area contributed by atoms with Gasteiger partial charge in [0.05, 0.1) is 16.3 Å². The molecule has 0 amide bonds. The summed E-state index contributed by atoms with van der Waals surface area (Å²) in [5.74, 6) is 0.230. The predicted octanol–water partition coefficient (Wildman–Crippen LogP) is 3.58. The van der Waals surface area contributed by atoms with Crippen LogP contribution in [-0.2, 0) is 6.18 Å². The second kappa shape index (κ2) is 5.54. The van der Waals surface area contributed by atoms with Crippen LogP contribution < -0.4 is 5.73 Å². The molecule has 0 radical (unpaired) electrons. The van der Waals surface area contributed by atoms with Gasteiger partial charge in [-0.25, -0.2) is 9.67 Å². The van der Waals surface area contributed by atoms with Crippen LogP contribution in [0.5, 0.6) is 0 Å². The minimum absolute atomic E-state index is 0.106. The van der Waals surface area contributed by atoms with E-state index in [0.717, 1.165) is 6.07 Å². The van der Waals surface area contributed by atoms with Crippen molar-refractivity contribution in [3.05, 3.63) is 53.4 Å². The Morgan fingerprint density at radius 3 is 2.39 bits per heavy atom. The Morgan fingerprint density at radius 1 is 1.09 bits per heavy atom. The largest absolute Gasteiger partial charge is 0.417 e. The monoisotopic (exact) mass is 339 g/mol. The van der Waals surface area contributed by atoms with E-state index in [2.05, 4.69) is 15.1 Å². The van der Waals surface area contributed by atoms with E-state index in [-0.39, 0.29) is 16.5 Å². The van der Waals surface area contributed by atoms with Crippen molar-refractivity contribution in [2.75, 3.05) is 5.73 Å². The van der Waals surface area contributed by atoms with E-state index in [1.54, 1.807) is 24.3 Å². The number of anilines is 1. The summed E-state index contributed by atoms with van der Waals surface area (Å²) < 4.78 is 39.5. The molecule has 2 heterocycles. The minimum Gasteiger partial charge on any atom is -0.399 e. The third-order valence-electron chi connectivity index (χ3n) is 3.07. The van der Waals surface area contributed by atoms with Gasteiger partial charge in [-0.05, 0) is 30.3 Å². The van der Waals surface area contributed by atoms with Crippen LogP contribution in [0.4, 0.5) is 18.9 Å². The highest BCUT2D eigenvalue weighted by Crippen LogP contribution is 2.33. The van der Waals surface area contributed by atoms with Crippen LogP contribution >= 0.6 is 11.6 Å². The molecule has 2 aromatic heterocycles. The van der Waals surface area contributed by atoms with Crippen molar-refractivity contribution < 1.29 is 13.2 Å². The zero-order valence-electron chi connectivity index (χ0n) is 11.4. The van der Waals surface area contributed by atoms with Gasteiger partial charge in [0.25, 0.3) is 0 Å². The van der Waals surface area contributed by atoms with E-state index in [1.165, 1.54) is 11.0 Å². The average molecular weight is 340 g/mol. The Balaban J connectivity index is 2.07. The molecule has 0 bridgehead atoms. The molecule has 0 fully saturated rings. The Bertz CT molecular complexity index is 842. The van der Waals surface area contributed by atoms with E-state index in [0.29, 0.717) is 17.6 Å². The van der Waals surface area contributed by atoms with Gasteiger partial charge in [-0.1, -0.05) is 11.6 Å². The maximum absolute atomic E-state index is 12.7. The van der Waals surface area contributed by atoms with Crippen molar-refractivity contribution in [3.8, 4) is 17.2 Å². The molecule has 9 heteroatoms. The fourth-order valence-electron chi connectivity index (χ4n) is 1.96. The summed E-state index contributed by atoms with van der Waals surface area (Å²) in [5, 5.41) is 3.89. The first-order chi connectivity index (χ1) is 10.9. The van der Waals surface area contributed by atoms with Crippen molar-refractivity contribution in [1.29, 1.82) is 0 Å². The van der Waals surface area contributed by atoms with E-state index in [9.17, 15) is 13.2 Å². The summed E-state index contributed by atoms with van der Waals surface area (Å²) in [6, 6.07) is 7.55. The van der Waals surface area contributed by atoms with Crippen LogP contribution in [0, 0.1) is 0 Å². The SMILES string of the molecule is Nc1ccc(-n2ncnc2-c2ncc(C(F)(F)F)cc2Cl)cc1. The molecule has 1 aromatic carbocycles. The van der Waals surface area contributed by atoms with Gasteiger partial charge in [0.1, 0.15) is 12.0 Å². The number of hydrogen-bond donors (Lipinski definition) is 1. The number of pyridine rings is 1. The number of alkyl halides is 3. The fourth-order valence-corrected chi connectivity index (χ4v) is 2.22. The van der Waals surface area contributed by atoms with Crippen molar-refractivity contribution in [2.24, 2.45) is 0 Å². The molecule has 0 atom stereocenters. The van der Waals surface area contributed by atoms with Gasteiger partial charge in [-0.2, -0.15) is 18.3 Å². The number of hydrogen-bond acceptors (Lipinski definition) is 4. The summed E-state index contributed by atoms with van der Waals surface area (Å²) in [4.78, 5) is 7.82. The first-order valence-corrected chi connectivity index (χ1v) is 6.73. The Hall–Kier alpha value is -2.61. The molecule has 0 saturated heterocycles. The number of rotatable bonds is 2. The second-order valence-electron chi connectivity index (χ2n) is 4.64. The molecular formula is C14H9ClF3N5. The molecule has 0 spiro atoms. The predicted molar refractivity (Wildman–Crippen MR) is 79.0 cm³/mol. The summed E-state index contributed by atoms with van der Waals surface area (Å²) in [6.45, 7) is 0. The third kappa shape index (κ3) is 2.98. The molecule has 0 saturated carbocycles. The van der Waals surface area contributed by atoms with E-state index >= 15 is 0 Å². The first kappa shape index (κ1) is 15.3. The van der Waals surface area contributed by atoms with Crippen molar-refractivity contribution >= 4 is 17.3 Å². The van der Waals surface area contributed by atoms with Gasteiger partial charge in [-0.3, -0.25) is 4.98 Å². The third-order valence-corrected chi connectivity index (χ3v) is 3.35. The molecule has 3 aromatic rings. The Morgan fingerprint density at radius 2 is 1.78 bits per heavy atom. The molecule has 5 nitrogen and oxygen atoms in total. The fraction of sp³-hybridized carbons (Fsp3) is 0.0714. The van der Waals surface area contributed by atoms with Crippen molar-refractivity contribution in [2.45, 2.75) is 6.18 Å². The summed E-state index contributed by atoms with van der Waals surface area (Å²) >= 11 is 5.95. The Kier molecular flexibility index (Phi) is 3.69. The van der Waals surface area contributed by atoms with E-state index in [4.69, 9.17) is 17.3 Å². The van der Waals surface area contributed by atoms with Crippen molar-refractivity contribution in [3.63, 3.8) is 0 Å². The smallest absolute Gasteiger partial charge is 0.399 e. The van der Waals surface area contributed by atoms with Crippen LogP contribution in [0.2, 0.25) is 5.02 Å². The Labute approximate surface area is 133 Å². The molecule has 2 N–H and O–H groups in total. The molecule has 0 aliphatic heterocycles. The molecule has 0 unspecified atom stereocenters. The highest BCUT2D eigenvalue weighted by atomic mass is 35.5. The number of aromatic nitrogens is 4. The lowest BCUT2D eigenvalue weighted by atomic mass is 10.2. The molecule has 3 rings (SSSR count). The number of benzene rings is 1. The van der Waals surface area contributed by atoms with Gasteiger partial charge in [0.15, 0.2) is 5.82 Å². The van der Waals surface area contributed by atoms with Crippen LogP contribution in [0.1, 0.15) is 5.56 Å². The first-order valence-electron chi connectivity index (χ1n) is 6.35. The summed E-state index contributed by atoms with van der Waals surface area (Å²) in [5.41, 5.74) is 6.00. The topological polar surface area (TPSA) is 69.6 Å². The van der Waals surface area contributed by atoms with Crippen LogP contribution in [0.15, 0.2) is 42.9 Å². The van der Waals surface area contributed by atoms with Gasteiger partial charge < -0.3 is 5.73 Å². The van der Waals surface area contributed by atoms with Crippen LogP contribution in [0.3, 0.4) is 0 Å². The lowest BCUT2D eigenvalue weighted by Gasteiger charge is -2.10. The molecular weight excluding hydrogens is 331 g/mol. The van der Waals surface area contributed by atoms with Gasteiger partial charge in [-0.15, -0.1) is 0 Å². The molecule has 23 heavy (non-hydrogen) atoms. The van der Waals surface area contributed by atoms with E-state index < -0.39 is 11.7 Å². The highest BCUT2D eigenvalue weighted by Gasteiger charge is 2.32. The highest BCUT2D eigenvalue weighted by molar-refractivity contribution is 6.32. The summed E-state index contributed by atoms with van der Waals surface area (Å²) in [7, 11) is 0. The van der Waals surface area contributed by atoms with Gasteiger partial charge in [0.2, 0.25) is 0 Å². The number of nitrogen functional groups attached to an aromatic ring is 1. The molecule has 0 aliphatic rings. The average Bonchev–Trinajstić information content (AvgIpc) is 2.96. The number of halogens is 4. The lowest BCUT2D eigenvalue weighted by Crippen LogP contribution is -2.07. The second-order valence-corrected chi connectivity index (χ2v) is 5.05. The van der Waals surface area contributed by atoms with Gasteiger partial charge >= 0.3 is 6.18 Å². The van der Waals surface area contributed by atoms with Crippen molar-refractivity contribution in [1.82, 2.24) is 19.7 Å². The van der Waals surface area contributed by atoms with E-state index in [1.807, 2.05) is 0 Å². The maximum atomic E-state index is 12.7. The minimum atomic E-state index is -4.51. The zero-order valence-corrected chi connectivity index (χ0v) is 12.2.